The first-order valence-corrected chi connectivity index (χ1v) is 5.87. The third-order valence-electron chi connectivity index (χ3n) is 2.69. The zero-order chi connectivity index (χ0) is 14.6. The summed E-state index contributed by atoms with van der Waals surface area (Å²) in [7, 11) is 4.44. The van der Waals surface area contributed by atoms with E-state index in [1.807, 2.05) is 13.8 Å². The molecule has 1 unspecified atom stereocenters. The van der Waals surface area contributed by atoms with Crippen LogP contribution in [0.4, 0.5) is 0 Å². The lowest BCUT2D eigenvalue weighted by Crippen LogP contribution is -2.45. The Kier molecular flexibility index (Phi) is 4.91. The summed E-state index contributed by atoms with van der Waals surface area (Å²) in [5.41, 5.74) is 0.189. The van der Waals surface area contributed by atoms with Crippen LogP contribution in [0.25, 0.3) is 0 Å². The largest absolute Gasteiger partial charge is 0.481 e. The number of ether oxygens (including phenoxy) is 2. The van der Waals surface area contributed by atoms with E-state index in [-0.39, 0.29) is 11.6 Å². The Morgan fingerprint density at radius 3 is 2.42 bits per heavy atom. The summed E-state index contributed by atoms with van der Waals surface area (Å²) < 4.78 is 11.1. The first-order chi connectivity index (χ1) is 8.90. The molecule has 19 heavy (non-hydrogen) atoms. The molecule has 0 saturated carbocycles. The Labute approximate surface area is 111 Å². The van der Waals surface area contributed by atoms with Crippen molar-refractivity contribution in [3.63, 3.8) is 0 Å². The smallest absolute Gasteiger partial charge is 0.328 e. The van der Waals surface area contributed by atoms with E-state index in [0.717, 1.165) is 0 Å². The van der Waals surface area contributed by atoms with E-state index in [1.54, 1.807) is 7.05 Å². The minimum absolute atomic E-state index is 0.0815. The van der Waals surface area contributed by atoms with Crippen LogP contribution < -0.4 is 10.1 Å². The average Bonchev–Trinajstić information content (AvgIpc) is 2.75. The molecule has 0 aromatic carbocycles. The molecule has 0 radical (unpaired) electrons. The van der Waals surface area contributed by atoms with Gasteiger partial charge in [-0.05, 0) is 5.92 Å². The fourth-order valence-electron chi connectivity index (χ4n) is 1.59. The summed E-state index contributed by atoms with van der Waals surface area (Å²) in [6, 6.07) is 0.801. The minimum Gasteiger partial charge on any atom is -0.481 e. The first kappa shape index (κ1) is 15.0. The van der Waals surface area contributed by atoms with E-state index < -0.39 is 17.9 Å². The van der Waals surface area contributed by atoms with Crippen molar-refractivity contribution in [3.8, 4) is 5.88 Å². The van der Waals surface area contributed by atoms with Crippen molar-refractivity contribution in [1.29, 1.82) is 0 Å². The molecule has 1 rings (SSSR count). The van der Waals surface area contributed by atoms with Crippen LogP contribution in [-0.2, 0) is 16.6 Å². The van der Waals surface area contributed by atoms with Crippen molar-refractivity contribution >= 4 is 11.9 Å². The van der Waals surface area contributed by atoms with Gasteiger partial charge >= 0.3 is 5.97 Å². The number of rotatable bonds is 5. The van der Waals surface area contributed by atoms with Crippen LogP contribution in [0.2, 0.25) is 0 Å². The molecule has 0 aliphatic carbocycles. The van der Waals surface area contributed by atoms with Gasteiger partial charge in [-0.3, -0.25) is 4.79 Å². The SMILES string of the molecule is COC(=O)C(NC(=O)c1cc(OC)n(C)n1)C(C)C. The number of nitrogens with one attached hydrogen (secondary N) is 1. The van der Waals surface area contributed by atoms with Gasteiger partial charge in [0.15, 0.2) is 5.69 Å². The molecule has 0 fully saturated rings. The van der Waals surface area contributed by atoms with Crippen molar-refractivity contribution < 1.29 is 19.1 Å². The van der Waals surface area contributed by atoms with Crippen molar-refractivity contribution in [2.24, 2.45) is 13.0 Å². The Morgan fingerprint density at radius 2 is 2.00 bits per heavy atom. The number of carbonyl (C=O) groups excluding carboxylic acids is 2. The van der Waals surface area contributed by atoms with Crippen LogP contribution in [-0.4, -0.2) is 41.9 Å². The number of nitrogens with zero attached hydrogens (tertiary/aromatic N) is 2. The number of hydrogen-bond donors (Lipinski definition) is 1. The topological polar surface area (TPSA) is 82.5 Å². The summed E-state index contributed by atoms with van der Waals surface area (Å²) in [4.78, 5) is 23.6. The van der Waals surface area contributed by atoms with Crippen LogP contribution in [0.1, 0.15) is 24.3 Å². The number of aryl methyl sites for hydroxylation is 1. The molecule has 0 aliphatic heterocycles. The zero-order valence-corrected chi connectivity index (χ0v) is 11.8. The highest BCUT2D eigenvalue weighted by atomic mass is 16.5. The van der Waals surface area contributed by atoms with Crippen LogP contribution in [0.5, 0.6) is 5.88 Å². The highest BCUT2D eigenvalue weighted by Gasteiger charge is 2.26. The van der Waals surface area contributed by atoms with Crippen LogP contribution in [0.3, 0.4) is 0 Å². The molecule has 1 atom stereocenters. The number of amides is 1. The summed E-state index contributed by atoms with van der Waals surface area (Å²) in [6.45, 7) is 3.64. The highest BCUT2D eigenvalue weighted by molar-refractivity contribution is 5.95. The van der Waals surface area contributed by atoms with E-state index in [9.17, 15) is 9.59 Å². The van der Waals surface area contributed by atoms with Gasteiger partial charge in [-0.2, -0.15) is 5.10 Å². The molecular weight excluding hydrogens is 250 g/mol. The van der Waals surface area contributed by atoms with Gasteiger partial charge < -0.3 is 14.8 Å². The minimum atomic E-state index is -0.703. The molecule has 7 nitrogen and oxygen atoms in total. The molecule has 0 aliphatic rings. The summed E-state index contributed by atoms with van der Waals surface area (Å²) >= 11 is 0. The molecule has 0 saturated heterocycles. The lowest BCUT2D eigenvalue weighted by molar-refractivity contribution is -0.144. The second-order valence-electron chi connectivity index (χ2n) is 4.41. The van der Waals surface area contributed by atoms with Gasteiger partial charge in [0.25, 0.3) is 5.91 Å². The summed E-state index contributed by atoms with van der Waals surface area (Å²) in [6.07, 6.45) is 0. The fourth-order valence-corrected chi connectivity index (χ4v) is 1.59. The van der Waals surface area contributed by atoms with Crippen LogP contribution in [0, 0.1) is 5.92 Å². The number of hydrogen-bond acceptors (Lipinski definition) is 5. The maximum atomic E-state index is 12.0. The third-order valence-corrected chi connectivity index (χ3v) is 2.69. The molecule has 0 bridgehead atoms. The van der Waals surface area contributed by atoms with Crippen molar-refractivity contribution in [2.45, 2.75) is 19.9 Å². The van der Waals surface area contributed by atoms with E-state index >= 15 is 0 Å². The predicted octanol–water partition coefficient (Wildman–Crippen LogP) is 0.356. The monoisotopic (exact) mass is 269 g/mol. The van der Waals surface area contributed by atoms with Crippen molar-refractivity contribution in [2.75, 3.05) is 14.2 Å². The van der Waals surface area contributed by atoms with Crippen molar-refractivity contribution in [1.82, 2.24) is 15.1 Å². The van der Waals surface area contributed by atoms with Gasteiger partial charge in [-0.1, -0.05) is 13.8 Å². The number of methoxy groups -OCH3 is 2. The maximum Gasteiger partial charge on any atom is 0.328 e. The Bertz CT molecular complexity index is 468. The summed E-state index contributed by atoms with van der Waals surface area (Å²) in [5.74, 6) is -0.541. The molecule has 1 N–H and O–H groups in total. The molecule has 1 aromatic rings. The molecule has 1 heterocycles. The van der Waals surface area contributed by atoms with Gasteiger partial charge in [0.05, 0.1) is 14.2 Å². The van der Waals surface area contributed by atoms with Gasteiger partial charge in [-0.15, -0.1) is 0 Å². The average molecular weight is 269 g/mol. The normalized spacial score (nSPS) is 12.1. The molecule has 1 aromatic heterocycles. The van der Waals surface area contributed by atoms with Gasteiger partial charge in [0, 0.05) is 13.1 Å². The highest BCUT2D eigenvalue weighted by Crippen LogP contribution is 2.12. The Morgan fingerprint density at radius 1 is 1.37 bits per heavy atom. The molecule has 1 amide bonds. The lowest BCUT2D eigenvalue weighted by Gasteiger charge is -2.18. The molecular formula is C12H19N3O4. The maximum absolute atomic E-state index is 12.0. The van der Waals surface area contributed by atoms with Crippen LogP contribution >= 0.6 is 0 Å². The van der Waals surface area contributed by atoms with Gasteiger partial charge in [-0.25, -0.2) is 9.48 Å². The lowest BCUT2D eigenvalue weighted by atomic mass is 10.0. The second kappa shape index (κ2) is 6.21. The fraction of sp³-hybridized carbons (Fsp3) is 0.583. The molecule has 106 valence electrons. The Hall–Kier alpha value is -2.05. The standard InChI is InChI=1S/C12H19N3O4/c1-7(2)10(12(17)19-5)13-11(16)8-6-9(18-4)15(3)14-8/h6-7,10H,1-5H3,(H,13,16). The number of esters is 1. The second-order valence-corrected chi connectivity index (χ2v) is 4.41. The Balaban J connectivity index is 2.84. The van der Waals surface area contributed by atoms with E-state index in [0.29, 0.717) is 5.88 Å². The third kappa shape index (κ3) is 3.46. The van der Waals surface area contributed by atoms with E-state index in [4.69, 9.17) is 4.74 Å². The van der Waals surface area contributed by atoms with Gasteiger partial charge in [0.2, 0.25) is 5.88 Å². The van der Waals surface area contributed by atoms with E-state index in [2.05, 4.69) is 15.2 Å². The number of aromatic nitrogens is 2. The van der Waals surface area contributed by atoms with Gasteiger partial charge in [0.1, 0.15) is 6.04 Å². The first-order valence-electron chi connectivity index (χ1n) is 5.87. The van der Waals surface area contributed by atoms with Crippen molar-refractivity contribution in [3.05, 3.63) is 11.8 Å². The molecule has 0 spiro atoms. The predicted molar refractivity (Wildman–Crippen MR) is 67.9 cm³/mol. The quantitative estimate of drug-likeness (QED) is 0.780. The molecule has 7 heteroatoms. The van der Waals surface area contributed by atoms with E-state index in [1.165, 1.54) is 25.0 Å². The number of carbonyl (C=O) groups is 2. The summed E-state index contributed by atoms with van der Waals surface area (Å²) in [5, 5.41) is 6.61. The zero-order valence-electron chi connectivity index (χ0n) is 11.8. The van der Waals surface area contributed by atoms with Crippen LogP contribution in [0.15, 0.2) is 6.07 Å².